The number of esters is 1. The Balaban J connectivity index is 2.12. The highest BCUT2D eigenvalue weighted by Crippen LogP contribution is 2.17. The predicted molar refractivity (Wildman–Crippen MR) is 85.1 cm³/mol. The first kappa shape index (κ1) is 18.0. The van der Waals surface area contributed by atoms with Crippen molar-refractivity contribution >= 4 is 5.97 Å². The van der Waals surface area contributed by atoms with Crippen molar-refractivity contribution in [2.45, 2.75) is 19.2 Å². The lowest BCUT2D eigenvalue weighted by molar-refractivity contribution is -0.143. The minimum Gasteiger partial charge on any atom is -0.468 e. The molecule has 0 aliphatic rings. The first-order valence-corrected chi connectivity index (χ1v) is 7.38. The summed E-state index contributed by atoms with van der Waals surface area (Å²) < 4.78 is 36.6. The summed E-state index contributed by atoms with van der Waals surface area (Å²) in [4.78, 5) is 12.0. The molecule has 2 rings (SSSR count). The van der Waals surface area contributed by atoms with E-state index >= 15 is 0 Å². The number of benzene rings is 2. The Labute approximate surface area is 139 Å². The molecule has 0 bridgehead atoms. The third-order valence-electron chi connectivity index (χ3n) is 3.57. The molecule has 1 N–H and O–H groups in total. The van der Waals surface area contributed by atoms with Gasteiger partial charge in [0, 0.05) is 19.2 Å². The number of carbonyl (C=O) groups excluding carboxylic acids is 1. The maximum Gasteiger partial charge on any atom is 0.327 e. The average molecular weight is 335 g/mol. The molecule has 0 amide bonds. The second-order valence-electron chi connectivity index (χ2n) is 5.25. The van der Waals surface area contributed by atoms with E-state index in [1.807, 2.05) is 0 Å². The Kier molecular flexibility index (Phi) is 6.40. The number of rotatable bonds is 7. The molecule has 24 heavy (non-hydrogen) atoms. The minimum absolute atomic E-state index is 0.194. The van der Waals surface area contributed by atoms with Gasteiger partial charge in [-0.25, -0.2) is 13.6 Å². The molecule has 0 spiro atoms. The zero-order chi connectivity index (χ0) is 17.5. The molecule has 0 fully saturated rings. The molecule has 0 aliphatic carbocycles. The summed E-state index contributed by atoms with van der Waals surface area (Å²) in [7, 11) is 2.78. The lowest BCUT2D eigenvalue weighted by Gasteiger charge is -2.17. The van der Waals surface area contributed by atoms with Crippen LogP contribution in [0.3, 0.4) is 0 Å². The summed E-state index contributed by atoms with van der Waals surface area (Å²) >= 11 is 0. The maximum atomic E-state index is 13.9. The van der Waals surface area contributed by atoms with Crippen LogP contribution in [0.1, 0.15) is 22.7 Å². The zero-order valence-corrected chi connectivity index (χ0v) is 13.5. The van der Waals surface area contributed by atoms with E-state index in [2.05, 4.69) is 5.32 Å². The average Bonchev–Trinajstić information content (AvgIpc) is 2.58. The third-order valence-corrected chi connectivity index (χ3v) is 3.57. The predicted octanol–water partition coefficient (Wildman–Crippen LogP) is 3.12. The van der Waals surface area contributed by atoms with Gasteiger partial charge in [-0.15, -0.1) is 0 Å². The highest BCUT2D eigenvalue weighted by Gasteiger charge is 2.21. The van der Waals surface area contributed by atoms with Crippen LogP contribution in [-0.4, -0.2) is 20.2 Å². The number of hydrogen-bond donors (Lipinski definition) is 1. The van der Waals surface area contributed by atoms with Crippen molar-refractivity contribution in [1.82, 2.24) is 5.32 Å². The number of hydrogen-bond acceptors (Lipinski definition) is 4. The van der Waals surface area contributed by atoms with Crippen LogP contribution in [0, 0.1) is 11.6 Å². The second kappa shape index (κ2) is 8.52. The molecule has 128 valence electrons. The van der Waals surface area contributed by atoms with E-state index in [-0.39, 0.29) is 19.0 Å². The molecule has 2 aromatic carbocycles. The normalized spacial score (nSPS) is 12.0. The van der Waals surface area contributed by atoms with Crippen LogP contribution in [-0.2, 0) is 27.4 Å². The van der Waals surface area contributed by atoms with Crippen molar-refractivity contribution in [2.75, 3.05) is 14.2 Å². The van der Waals surface area contributed by atoms with Crippen LogP contribution in [0.25, 0.3) is 0 Å². The van der Waals surface area contributed by atoms with Gasteiger partial charge < -0.3 is 9.47 Å². The second-order valence-corrected chi connectivity index (χ2v) is 5.25. The fourth-order valence-electron chi connectivity index (χ4n) is 2.30. The number of carbonyl (C=O) groups is 1. The number of nitrogens with one attached hydrogen (secondary N) is 1. The van der Waals surface area contributed by atoms with Gasteiger partial charge in [-0.1, -0.05) is 24.3 Å². The van der Waals surface area contributed by atoms with E-state index < -0.39 is 17.8 Å². The quantitative estimate of drug-likeness (QED) is 0.790. The number of ether oxygens (including phenoxy) is 2. The molecule has 1 atom stereocenters. The molecule has 0 aliphatic heterocycles. The molecule has 0 saturated heterocycles. The largest absolute Gasteiger partial charge is 0.468 e. The fraction of sp³-hybridized carbons (Fsp3) is 0.278. The summed E-state index contributed by atoms with van der Waals surface area (Å²) in [5.41, 5.74) is 1.70. The Hall–Kier alpha value is -2.31. The van der Waals surface area contributed by atoms with Gasteiger partial charge in [0.15, 0.2) is 0 Å². The molecule has 0 aromatic heterocycles. The van der Waals surface area contributed by atoms with Gasteiger partial charge in [-0.05, 0) is 29.3 Å². The molecular weight excluding hydrogens is 316 g/mol. The fourth-order valence-corrected chi connectivity index (χ4v) is 2.30. The van der Waals surface area contributed by atoms with Gasteiger partial charge in [-0.2, -0.15) is 0 Å². The van der Waals surface area contributed by atoms with Crippen LogP contribution in [0.15, 0.2) is 42.5 Å². The Bertz CT molecular complexity index is 689. The first-order valence-electron chi connectivity index (χ1n) is 7.38. The molecule has 4 nitrogen and oxygen atoms in total. The SMILES string of the molecule is COCc1ccc(CN[C@@H](C(=O)OC)c2ccc(F)cc2)cc1F. The molecule has 0 radical (unpaired) electrons. The van der Waals surface area contributed by atoms with E-state index in [4.69, 9.17) is 9.47 Å². The highest BCUT2D eigenvalue weighted by molar-refractivity contribution is 5.77. The highest BCUT2D eigenvalue weighted by atomic mass is 19.1. The number of halogens is 2. The zero-order valence-electron chi connectivity index (χ0n) is 13.5. The van der Waals surface area contributed by atoms with E-state index in [1.165, 1.54) is 44.6 Å². The molecule has 2 aromatic rings. The van der Waals surface area contributed by atoms with Gasteiger partial charge in [0.05, 0.1) is 13.7 Å². The van der Waals surface area contributed by atoms with Gasteiger partial charge >= 0.3 is 5.97 Å². The molecular formula is C18H19F2NO3. The Morgan fingerprint density at radius 3 is 2.42 bits per heavy atom. The summed E-state index contributed by atoms with van der Waals surface area (Å²) in [6.07, 6.45) is 0. The minimum atomic E-state index is -0.766. The maximum absolute atomic E-state index is 13.9. The number of methoxy groups -OCH3 is 2. The summed E-state index contributed by atoms with van der Waals surface area (Å²) in [6.45, 7) is 0.446. The van der Waals surface area contributed by atoms with Crippen molar-refractivity contribution in [2.24, 2.45) is 0 Å². The smallest absolute Gasteiger partial charge is 0.327 e. The molecule has 0 heterocycles. The van der Waals surface area contributed by atoms with Crippen LogP contribution in [0.2, 0.25) is 0 Å². The summed E-state index contributed by atoms with van der Waals surface area (Å²) in [5.74, 6) is -1.26. The van der Waals surface area contributed by atoms with Crippen molar-refractivity contribution < 1.29 is 23.0 Å². The van der Waals surface area contributed by atoms with Crippen molar-refractivity contribution in [3.63, 3.8) is 0 Å². The van der Waals surface area contributed by atoms with Crippen LogP contribution in [0.4, 0.5) is 8.78 Å². The first-order chi connectivity index (χ1) is 11.5. The lowest BCUT2D eigenvalue weighted by Crippen LogP contribution is -2.29. The Morgan fingerprint density at radius 2 is 1.83 bits per heavy atom. The van der Waals surface area contributed by atoms with E-state index in [0.717, 1.165) is 0 Å². The van der Waals surface area contributed by atoms with Crippen molar-refractivity contribution in [1.29, 1.82) is 0 Å². The third kappa shape index (κ3) is 4.59. The van der Waals surface area contributed by atoms with Gasteiger partial charge in [0.25, 0.3) is 0 Å². The topological polar surface area (TPSA) is 47.6 Å². The van der Waals surface area contributed by atoms with E-state index in [1.54, 1.807) is 12.1 Å². The van der Waals surface area contributed by atoms with Crippen molar-refractivity contribution in [3.05, 3.63) is 70.8 Å². The van der Waals surface area contributed by atoms with E-state index in [9.17, 15) is 13.6 Å². The van der Waals surface area contributed by atoms with Gasteiger partial charge in [0.2, 0.25) is 0 Å². The standard InChI is InChI=1S/C18H19F2NO3/c1-23-11-14-4-3-12(9-16(14)20)10-21-17(18(22)24-2)13-5-7-15(19)8-6-13/h3-9,17,21H,10-11H2,1-2H3/t17-/m1/s1. The van der Waals surface area contributed by atoms with Gasteiger partial charge in [0.1, 0.15) is 17.7 Å². The monoisotopic (exact) mass is 335 g/mol. The summed E-state index contributed by atoms with van der Waals surface area (Å²) in [6, 6.07) is 9.57. The van der Waals surface area contributed by atoms with Gasteiger partial charge in [-0.3, -0.25) is 5.32 Å². The van der Waals surface area contributed by atoms with Crippen LogP contribution < -0.4 is 5.32 Å². The summed E-state index contributed by atoms with van der Waals surface area (Å²) in [5, 5.41) is 3.01. The molecule has 0 unspecified atom stereocenters. The van der Waals surface area contributed by atoms with E-state index in [0.29, 0.717) is 16.7 Å². The van der Waals surface area contributed by atoms with Crippen LogP contribution in [0.5, 0.6) is 0 Å². The van der Waals surface area contributed by atoms with Crippen LogP contribution >= 0.6 is 0 Å². The Morgan fingerprint density at radius 1 is 1.12 bits per heavy atom. The van der Waals surface area contributed by atoms with Crippen molar-refractivity contribution in [3.8, 4) is 0 Å². The molecule has 6 heteroatoms. The lowest BCUT2D eigenvalue weighted by atomic mass is 10.1. The molecule has 0 saturated carbocycles.